The molecule has 0 saturated carbocycles. The first-order valence-electron chi connectivity index (χ1n) is 7.59. The highest BCUT2D eigenvalue weighted by molar-refractivity contribution is 5.80. The molecule has 6 nitrogen and oxygen atoms in total. The molecular weight excluding hydrogens is 294 g/mol. The number of hydrogen-bond donors (Lipinski definition) is 3. The van der Waals surface area contributed by atoms with E-state index < -0.39 is 0 Å². The Morgan fingerprint density at radius 3 is 2.65 bits per heavy atom. The van der Waals surface area contributed by atoms with E-state index >= 15 is 0 Å². The van der Waals surface area contributed by atoms with Crippen molar-refractivity contribution in [2.45, 2.75) is 26.7 Å². The van der Waals surface area contributed by atoms with Crippen LogP contribution in [0.1, 0.15) is 24.5 Å². The molecule has 3 N–H and O–H groups in total. The third-order valence-corrected chi connectivity index (χ3v) is 3.52. The molecular formula is C17H21N3O3. The standard InChI is InChI=1S/C17H21N3O3/c1-11-3-4-15-14(9-11)10-13(17(23)20-15)5-7-19-16(22)6-8-18-12(2)21/h3-4,9-10H,5-8H2,1-2H3,(H,18,21)(H,19,22)(H,20,23). The number of aryl methyl sites for hydroxylation is 1. The largest absolute Gasteiger partial charge is 0.356 e. The van der Waals surface area contributed by atoms with Crippen LogP contribution in [0, 0.1) is 6.92 Å². The second-order valence-corrected chi connectivity index (χ2v) is 5.55. The summed E-state index contributed by atoms with van der Waals surface area (Å²) < 4.78 is 0. The third kappa shape index (κ3) is 4.95. The summed E-state index contributed by atoms with van der Waals surface area (Å²) in [4.78, 5) is 37.2. The van der Waals surface area contributed by atoms with E-state index in [-0.39, 0.29) is 23.8 Å². The quantitative estimate of drug-likeness (QED) is 0.743. The van der Waals surface area contributed by atoms with Crippen LogP contribution < -0.4 is 16.2 Å². The molecule has 6 heteroatoms. The van der Waals surface area contributed by atoms with Crippen molar-refractivity contribution in [2.24, 2.45) is 0 Å². The number of benzene rings is 1. The zero-order chi connectivity index (χ0) is 16.8. The number of aromatic nitrogens is 1. The summed E-state index contributed by atoms with van der Waals surface area (Å²) in [7, 11) is 0. The van der Waals surface area contributed by atoms with Gasteiger partial charge in [0, 0.05) is 37.5 Å². The number of carbonyl (C=O) groups is 2. The molecule has 2 rings (SSSR count). The maximum atomic E-state index is 12.0. The van der Waals surface area contributed by atoms with Gasteiger partial charge in [-0.1, -0.05) is 11.6 Å². The highest BCUT2D eigenvalue weighted by Crippen LogP contribution is 2.13. The fourth-order valence-electron chi connectivity index (χ4n) is 2.33. The van der Waals surface area contributed by atoms with Gasteiger partial charge in [0.15, 0.2) is 0 Å². The Hall–Kier alpha value is -2.63. The van der Waals surface area contributed by atoms with Gasteiger partial charge in [-0.2, -0.15) is 0 Å². The van der Waals surface area contributed by atoms with Crippen LogP contribution in [0.2, 0.25) is 0 Å². The fourth-order valence-corrected chi connectivity index (χ4v) is 2.33. The normalized spacial score (nSPS) is 10.5. The van der Waals surface area contributed by atoms with E-state index in [1.54, 1.807) is 0 Å². The molecule has 1 aromatic carbocycles. The first kappa shape index (κ1) is 16.7. The first-order chi connectivity index (χ1) is 11.0. The van der Waals surface area contributed by atoms with Gasteiger partial charge in [-0.05, 0) is 36.9 Å². The van der Waals surface area contributed by atoms with Crippen molar-refractivity contribution in [1.29, 1.82) is 0 Å². The average molecular weight is 315 g/mol. The van der Waals surface area contributed by atoms with Crippen LogP contribution >= 0.6 is 0 Å². The minimum absolute atomic E-state index is 0.131. The number of fused-ring (bicyclic) bond motifs is 1. The molecule has 0 radical (unpaired) electrons. The van der Waals surface area contributed by atoms with Crippen LogP contribution in [0.5, 0.6) is 0 Å². The van der Waals surface area contributed by atoms with Crippen LogP contribution in [0.4, 0.5) is 0 Å². The van der Waals surface area contributed by atoms with Gasteiger partial charge in [0.1, 0.15) is 0 Å². The third-order valence-electron chi connectivity index (χ3n) is 3.52. The molecule has 23 heavy (non-hydrogen) atoms. The molecule has 122 valence electrons. The van der Waals surface area contributed by atoms with E-state index in [1.165, 1.54) is 6.92 Å². The summed E-state index contributed by atoms with van der Waals surface area (Å²) >= 11 is 0. The molecule has 0 bridgehead atoms. The lowest BCUT2D eigenvalue weighted by Crippen LogP contribution is -2.31. The molecule has 0 atom stereocenters. The van der Waals surface area contributed by atoms with Crippen LogP contribution in [0.25, 0.3) is 10.9 Å². The summed E-state index contributed by atoms with van der Waals surface area (Å²) in [5.41, 5.74) is 2.45. The molecule has 0 aliphatic heterocycles. The van der Waals surface area contributed by atoms with E-state index in [0.29, 0.717) is 25.1 Å². The van der Waals surface area contributed by atoms with Gasteiger partial charge in [-0.15, -0.1) is 0 Å². The van der Waals surface area contributed by atoms with Crippen molar-refractivity contribution >= 4 is 22.7 Å². The first-order valence-corrected chi connectivity index (χ1v) is 7.59. The fraction of sp³-hybridized carbons (Fsp3) is 0.353. The second-order valence-electron chi connectivity index (χ2n) is 5.55. The summed E-state index contributed by atoms with van der Waals surface area (Å²) in [5, 5.41) is 6.30. The van der Waals surface area contributed by atoms with Crippen LogP contribution in [-0.4, -0.2) is 29.9 Å². The molecule has 1 aromatic heterocycles. The summed E-state index contributed by atoms with van der Waals surface area (Å²) in [6.07, 6.45) is 0.692. The lowest BCUT2D eigenvalue weighted by Gasteiger charge is -2.07. The number of amides is 2. The van der Waals surface area contributed by atoms with Gasteiger partial charge in [-0.25, -0.2) is 0 Å². The Balaban J connectivity index is 1.91. The molecule has 0 fully saturated rings. The van der Waals surface area contributed by atoms with Gasteiger partial charge in [-0.3, -0.25) is 14.4 Å². The van der Waals surface area contributed by atoms with Crippen LogP contribution in [-0.2, 0) is 16.0 Å². The Morgan fingerprint density at radius 1 is 1.13 bits per heavy atom. The van der Waals surface area contributed by atoms with Gasteiger partial charge < -0.3 is 15.6 Å². The maximum Gasteiger partial charge on any atom is 0.251 e. The number of nitrogens with one attached hydrogen (secondary N) is 3. The van der Waals surface area contributed by atoms with E-state index in [0.717, 1.165) is 16.5 Å². The summed E-state index contributed by atoms with van der Waals surface area (Å²) in [6, 6.07) is 7.72. The zero-order valence-corrected chi connectivity index (χ0v) is 13.4. The highest BCUT2D eigenvalue weighted by Gasteiger charge is 2.05. The van der Waals surface area contributed by atoms with E-state index in [9.17, 15) is 14.4 Å². The lowest BCUT2D eigenvalue weighted by molar-refractivity contribution is -0.121. The Labute approximate surface area is 134 Å². The monoisotopic (exact) mass is 315 g/mol. The maximum absolute atomic E-state index is 12.0. The number of rotatable bonds is 6. The van der Waals surface area contributed by atoms with E-state index in [2.05, 4.69) is 15.6 Å². The molecule has 0 saturated heterocycles. The molecule has 0 spiro atoms. The number of hydrogen-bond acceptors (Lipinski definition) is 3. The number of aromatic amines is 1. The predicted octanol–water partition coefficient (Wildman–Crippen LogP) is 1.02. The number of carbonyl (C=O) groups excluding carboxylic acids is 2. The van der Waals surface area contributed by atoms with Crippen molar-refractivity contribution in [2.75, 3.05) is 13.1 Å². The molecule has 0 unspecified atom stereocenters. The Bertz CT molecular complexity index is 780. The number of H-pyrrole nitrogens is 1. The number of pyridine rings is 1. The zero-order valence-electron chi connectivity index (χ0n) is 13.4. The minimum Gasteiger partial charge on any atom is -0.356 e. The van der Waals surface area contributed by atoms with E-state index in [1.807, 2.05) is 31.2 Å². The SMILES string of the molecule is CC(=O)NCCC(=O)NCCc1cc2cc(C)ccc2[nH]c1=O. The molecule has 0 aliphatic carbocycles. The minimum atomic E-state index is -0.157. The predicted molar refractivity (Wildman–Crippen MR) is 89.3 cm³/mol. The Morgan fingerprint density at radius 2 is 1.91 bits per heavy atom. The van der Waals surface area contributed by atoms with Gasteiger partial charge >= 0.3 is 0 Å². The molecule has 0 aliphatic rings. The van der Waals surface area contributed by atoms with E-state index in [4.69, 9.17) is 0 Å². The smallest absolute Gasteiger partial charge is 0.251 e. The van der Waals surface area contributed by atoms with Crippen molar-refractivity contribution in [3.63, 3.8) is 0 Å². The topological polar surface area (TPSA) is 91.1 Å². The van der Waals surface area contributed by atoms with Crippen LogP contribution in [0.3, 0.4) is 0 Å². The van der Waals surface area contributed by atoms with Gasteiger partial charge in [0.05, 0.1) is 0 Å². The second kappa shape index (κ2) is 7.58. The lowest BCUT2D eigenvalue weighted by atomic mass is 10.1. The highest BCUT2D eigenvalue weighted by atomic mass is 16.2. The molecule has 2 amide bonds. The summed E-state index contributed by atoms with van der Waals surface area (Å²) in [6.45, 7) is 4.11. The van der Waals surface area contributed by atoms with Crippen LogP contribution in [0.15, 0.2) is 29.1 Å². The molecule has 1 heterocycles. The van der Waals surface area contributed by atoms with Crippen molar-refractivity contribution < 1.29 is 9.59 Å². The average Bonchev–Trinajstić information content (AvgIpc) is 2.48. The Kier molecular flexibility index (Phi) is 5.51. The van der Waals surface area contributed by atoms with Gasteiger partial charge in [0.2, 0.25) is 11.8 Å². The summed E-state index contributed by atoms with van der Waals surface area (Å²) in [5.74, 6) is -0.303. The van der Waals surface area contributed by atoms with Crippen molar-refractivity contribution in [1.82, 2.24) is 15.6 Å². The van der Waals surface area contributed by atoms with Crippen molar-refractivity contribution in [3.8, 4) is 0 Å². The van der Waals surface area contributed by atoms with Gasteiger partial charge in [0.25, 0.3) is 5.56 Å². The molecule has 2 aromatic rings. The van der Waals surface area contributed by atoms with Crippen molar-refractivity contribution in [3.05, 3.63) is 45.7 Å².